The highest BCUT2D eigenvalue weighted by Gasteiger charge is 2.27. The van der Waals surface area contributed by atoms with Gasteiger partial charge in [-0.25, -0.2) is 4.98 Å². The number of aliphatic hydroxyl groups is 1. The summed E-state index contributed by atoms with van der Waals surface area (Å²) in [5.41, 5.74) is 5.93. The van der Waals surface area contributed by atoms with Crippen molar-refractivity contribution in [1.29, 1.82) is 0 Å². The summed E-state index contributed by atoms with van der Waals surface area (Å²) in [6, 6.07) is 0. The Labute approximate surface area is 129 Å². The lowest BCUT2D eigenvalue weighted by Crippen LogP contribution is -2.40. The molecule has 3 N–H and O–H groups in total. The van der Waals surface area contributed by atoms with Crippen LogP contribution in [-0.2, 0) is 0 Å². The number of nitrogens with zero attached hydrogens (tertiary/aromatic N) is 3. The highest BCUT2D eigenvalue weighted by atomic mass is 32.1. The molecular formula is C14H24N4O2S. The first-order valence-electron chi connectivity index (χ1n) is 7.44. The van der Waals surface area contributed by atoms with E-state index in [1.807, 2.05) is 11.9 Å². The summed E-state index contributed by atoms with van der Waals surface area (Å²) < 4.78 is 0. The molecule has 0 aromatic carbocycles. The quantitative estimate of drug-likeness (QED) is 0.859. The van der Waals surface area contributed by atoms with Crippen LogP contribution in [0, 0.1) is 5.92 Å². The van der Waals surface area contributed by atoms with Gasteiger partial charge in [-0.1, -0.05) is 18.3 Å². The Morgan fingerprint density at radius 2 is 2.38 bits per heavy atom. The Bertz CT molecular complexity index is 491. The molecule has 21 heavy (non-hydrogen) atoms. The maximum Gasteiger partial charge on any atom is 0.267 e. The van der Waals surface area contributed by atoms with Crippen LogP contribution in [0.4, 0.5) is 10.9 Å². The van der Waals surface area contributed by atoms with Gasteiger partial charge in [-0.05, 0) is 25.2 Å². The van der Waals surface area contributed by atoms with Gasteiger partial charge in [-0.15, -0.1) is 0 Å². The number of carbonyl (C=O) groups is 1. The third-order valence-electron chi connectivity index (χ3n) is 3.79. The molecule has 0 radical (unpaired) electrons. The van der Waals surface area contributed by atoms with E-state index in [2.05, 4.69) is 11.9 Å². The second-order valence-corrected chi connectivity index (χ2v) is 6.55. The lowest BCUT2D eigenvalue weighted by Gasteiger charge is -2.31. The molecule has 1 aliphatic rings. The van der Waals surface area contributed by atoms with Crippen LogP contribution in [0.2, 0.25) is 0 Å². The predicted octanol–water partition coefficient (Wildman–Crippen LogP) is 1.42. The number of rotatable bonds is 5. The van der Waals surface area contributed by atoms with Crippen LogP contribution in [0.15, 0.2) is 0 Å². The molecule has 0 bridgehead atoms. The molecule has 1 aromatic heterocycles. The number of nitrogens with two attached hydrogens (primary N) is 1. The number of thiazole rings is 1. The Balaban J connectivity index is 2.12. The summed E-state index contributed by atoms with van der Waals surface area (Å²) in [4.78, 5) is 21.2. The Morgan fingerprint density at radius 3 is 3.05 bits per heavy atom. The highest BCUT2D eigenvalue weighted by molar-refractivity contribution is 7.18. The van der Waals surface area contributed by atoms with E-state index < -0.39 is 0 Å². The maximum absolute atomic E-state index is 12.6. The van der Waals surface area contributed by atoms with Gasteiger partial charge in [0, 0.05) is 33.3 Å². The van der Waals surface area contributed by atoms with E-state index in [1.54, 1.807) is 4.90 Å². The van der Waals surface area contributed by atoms with Crippen LogP contribution in [-0.4, -0.2) is 54.2 Å². The van der Waals surface area contributed by atoms with Crippen molar-refractivity contribution in [2.45, 2.75) is 26.2 Å². The smallest absolute Gasteiger partial charge is 0.267 e. The van der Waals surface area contributed by atoms with Crippen molar-refractivity contribution in [3.05, 3.63) is 4.88 Å². The van der Waals surface area contributed by atoms with Gasteiger partial charge < -0.3 is 20.6 Å². The maximum atomic E-state index is 12.6. The molecule has 1 aliphatic heterocycles. The molecule has 1 atom stereocenters. The van der Waals surface area contributed by atoms with E-state index in [1.165, 1.54) is 11.3 Å². The summed E-state index contributed by atoms with van der Waals surface area (Å²) in [6.45, 7) is 4.45. The zero-order valence-electron chi connectivity index (χ0n) is 12.7. The zero-order chi connectivity index (χ0) is 15.4. The molecule has 0 spiro atoms. The number of carbonyl (C=O) groups excluding carboxylic acids is 1. The Morgan fingerprint density at radius 1 is 1.62 bits per heavy atom. The Kier molecular flexibility index (Phi) is 5.41. The second kappa shape index (κ2) is 7.09. The minimum Gasteiger partial charge on any atom is -0.396 e. The van der Waals surface area contributed by atoms with Crippen LogP contribution in [0.25, 0.3) is 0 Å². The first-order valence-corrected chi connectivity index (χ1v) is 8.26. The number of amides is 1. The van der Waals surface area contributed by atoms with Gasteiger partial charge in [-0.3, -0.25) is 4.79 Å². The summed E-state index contributed by atoms with van der Waals surface area (Å²) >= 11 is 1.35. The molecule has 1 aromatic rings. The molecule has 7 heteroatoms. The van der Waals surface area contributed by atoms with Gasteiger partial charge in [0.05, 0.1) is 0 Å². The average Bonchev–Trinajstić information content (AvgIpc) is 2.89. The molecule has 6 nitrogen and oxygen atoms in total. The minimum absolute atomic E-state index is 0.0562. The SMILES string of the molecule is CCCN(C)c1nc(N)c(C(=O)N2CCCC(CO)C2)s1. The normalized spacial score (nSPS) is 18.8. The second-order valence-electron chi connectivity index (χ2n) is 5.57. The third-order valence-corrected chi connectivity index (χ3v) is 4.96. The van der Waals surface area contributed by atoms with Crippen molar-refractivity contribution in [1.82, 2.24) is 9.88 Å². The molecule has 118 valence electrons. The van der Waals surface area contributed by atoms with Gasteiger partial charge in [0.2, 0.25) is 0 Å². The predicted molar refractivity (Wildman–Crippen MR) is 85.8 cm³/mol. The molecular weight excluding hydrogens is 288 g/mol. The van der Waals surface area contributed by atoms with Crippen LogP contribution in [0.5, 0.6) is 0 Å². The fourth-order valence-electron chi connectivity index (χ4n) is 2.61. The molecule has 1 amide bonds. The van der Waals surface area contributed by atoms with Crippen molar-refractivity contribution in [3.8, 4) is 0 Å². The number of hydrogen-bond donors (Lipinski definition) is 2. The number of piperidine rings is 1. The van der Waals surface area contributed by atoms with E-state index in [-0.39, 0.29) is 18.4 Å². The van der Waals surface area contributed by atoms with Crippen molar-refractivity contribution in [2.24, 2.45) is 5.92 Å². The topological polar surface area (TPSA) is 82.7 Å². The van der Waals surface area contributed by atoms with E-state index in [9.17, 15) is 9.90 Å². The summed E-state index contributed by atoms with van der Waals surface area (Å²) in [5.74, 6) is 0.437. The first-order chi connectivity index (χ1) is 10.1. The van der Waals surface area contributed by atoms with Gasteiger partial charge in [0.1, 0.15) is 10.7 Å². The molecule has 2 heterocycles. The van der Waals surface area contributed by atoms with E-state index in [0.29, 0.717) is 17.2 Å². The lowest BCUT2D eigenvalue weighted by molar-refractivity contribution is 0.0626. The molecule has 0 aliphatic carbocycles. The monoisotopic (exact) mass is 312 g/mol. The van der Waals surface area contributed by atoms with Crippen LogP contribution in [0.3, 0.4) is 0 Å². The van der Waals surface area contributed by atoms with Crippen LogP contribution < -0.4 is 10.6 Å². The Hall–Kier alpha value is -1.34. The van der Waals surface area contributed by atoms with Crippen molar-refractivity contribution in [3.63, 3.8) is 0 Å². The molecule has 2 rings (SSSR count). The number of likely N-dealkylation sites (tertiary alicyclic amines) is 1. The van der Waals surface area contributed by atoms with Crippen molar-refractivity contribution < 1.29 is 9.90 Å². The van der Waals surface area contributed by atoms with Gasteiger partial charge >= 0.3 is 0 Å². The third kappa shape index (κ3) is 3.65. The molecule has 1 fully saturated rings. The molecule has 0 saturated carbocycles. The molecule has 1 unspecified atom stereocenters. The van der Waals surface area contributed by atoms with Crippen LogP contribution >= 0.6 is 11.3 Å². The number of nitrogen functional groups attached to an aromatic ring is 1. The summed E-state index contributed by atoms with van der Waals surface area (Å²) in [6.07, 6.45) is 2.92. The van der Waals surface area contributed by atoms with Crippen LogP contribution in [0.1, 0.15) is 35.9 Å². The van der Waals surface area contributed by atoms with E-state index >= 15 is 0 Å². The zero-order valence-corrected chi connectivity index (χ0v) is 13.5. The summed E-state index contributed by atoms with van der Waals surface area (Å²) in [5, 5.41) is 10.1. The number of aliphatic hydroxyl groups excluding tert-OH is 1. The fourth-order valence-corrected chi connectivity index (χ4v) is 3.55. The van der Waals surface area contributed by atoms with Gasteiger partial charge in [-0.2, -0.15) is 0 Å². The highest BCUT2D eigenvalue weighted by Crippen LogP contribution is 2.30. The fraction of sp³-hybridized carbons (Fsp3) is 0.714. The van der Waals surface area contributed by atoms with Gasteiger partial charge in [0.15, 0.2) is 5.13 Å². The largest absolute Gasteiger partial charge is 0.396 e. The van der Waals surface area contributed by atoms with E-state index in [4.69, 9.17) is 5.73 Å². The average molecular weight is 312 g/mol. The standard InChI is InChI=1S/C14H24N4O2S/c1-3-6-17(2)14-16-12(15)11(21-14)13(20)18-7-4-5-10(8-18)9-19/h10,19H,3-9,15H2,1-2H3. The van der Waals surface area contributed by atoms with Gasteiger partial charge in [0.25, 0.3) is 5.91 Å². The number of anilines is 2. The lowest BCUT2D eigenvalue weighted by atomic mass is 9.99. The first kappa shape index (κ1) is 16.0. The van der Waals surface area contributed by atoms with E-state index in [0.717, 1.165) is 37.5 Å². The summed E-state index contributed by atoms with van der Waals surface area (Å²) in [7, 11) is 1.96. The number of hydrogen-bond acceptors (Lipinski definition) is 6. The number of aromatic nitrogens is 1. The molecule has 1 saturated heterocycles. The van der Waals surface area contributed by atoms with Crippen molar-refractivity contribution in [2.75, 3.05) is 43.9 Å². The minimum atomic E-state index is -0.0562. The van der Waals surface area contributed by atoms with Crippen molar-refractivity contribution >= 4 is 28.2 Å².